The van der Waals surface area contributed by atoms with Crippen LogP contribution in [0.1, 0.15) is 56.0 Å². The topological polar surface area (TPSA) is 17.1 Å². The summed E-state index contributed by atoms with van der Waals surface area (Å²) in [6, 6.07) is 8.05. The molecular formula is C15H20O. The largest absolute Gasteiger partial charge is 0.294 e. The smallest absolute Gasteiger partial charge is 0.163 e. The van der Waals surface area contributed by atoms with Crippen molar-refractivity contribution in [1.82, 2.24) is 0 Å². The minimum Gasteiger partial charge on any atom is -0.294 e. The predicted molar refractivity (Wildman–Crippen MR) is 66.8 cm³/mol. The molecule has 0 aliphatic heterocycles. The van der Waals surface area contributed by atoms with Gasteiger partial charge in [-0.05, 0) is 29.7 Å². The molecule has 0 atom stereocenters. The summed E-state index contributed by atoms with van der Waals surface area (Å²) in [7, 11) is 0. The van der Waals surface area contributed by atoms with Gasteiger partial charge in [-0.15, -0.1) is 0 Å². The molecule has 16 heavy (non-hydrogen) atoms. The molecule has 0 N–H and O–H groups in total. The van der Waals surface area contributed by atoms with Crippen molar-refractivity contribution in [3.05, 3.63) is 35.4 Å². The minimum absolute atomic E-state index is 0.0514. The van der Waals surface area contributed by atoms with E-state index < -0.39 is 0 Å². The fourth-order valence-corrected chi connectivity index (χ4v) is 2.07. The molecule has 1 saturated carbocycles. The summed E-state index contributed by atoms with van der Waals surface area (Å²) in [6.07, 6.45) is 3.22. The quantitative estimate of drug-likeness (QED) is 0.699. The van der Waals surface area contributed by atoms with Crippen molar-refractivity contribution in [2.45, 2.75) is 45.4 Å². The van der Waals surface area contributed by atoms with Crippen LogP contribution >= 0.6 is 0 Å². The van der Waals surface area contributed by atoms with Crippen molar-refractivity contribution in [2.75, 3.05) is 0 Å². The monoisotopic (exact) mass is 216 g/mol. The molecule has 0 aromatic heterocycles. The van der Waals surface area contributed by atoms with Crippen LogP contribution in [0.3, 0.4) is 0 Å². The van der Waals surface area contributed by atoms with Crippen LogP contribution < -0.4 is 0 Å². The fourth-order valence-electron chi connectivity index (χ4n) is 2.07. The van der Waals surface area contributed by atoms with Gasteiger partial charge in [0, 0.05) is 12.0 Å². The van der Waals surface area contributed by atoms with Gasteiger partial charge in [0.2, 0.25) is 0 Å². The number of benzene rings is 1. The zero-order valence-electron chi connectivity index (χ0n) is 10.4. The standard InChI is InChI=1S/C15H20O/c1-15(2,3)13-7-5-4-6-12(13)14(16)10-11-8-9-11/h4-7,11H,8-10H2,1-3H3. The Morgan fingerprint density at radius 3 is 2.44 bits per heavy atom. The van der Waals surface area contributed by atoms with Crippen LogP contribution in [0.25, 0.3) is 0 Å². The first-order chi connectivity index (χ1) is 7.48. The third-order valence-corrected chi connectivity index (χ3v) is 3.21. The van der Waals surface area contributed by atoms with Crippen LogP contribution in [0.2, 0.25) is 0 Å². The minimum atomic E-state index is 0.0514. The second-order valence-electron chi connectivity index (χ2n) is 5.87. The highest BCUT2D eigenvalue weighted by Crippen LogP contribution is 2.35. The van der Waals surface area contributed by atoms with Crippen LogP contribution in [0.4, 0.5) is 0 Å². The lowest BCUT2D eigenvalue weighted by molar-refractivity contribution is 0.0974. The highest BCUT2D eigenvalue weighted by atomic mass is 16.1. The second-order valence-corrected chi connectivity index (χ2v) is 5.87. The van der Waals surface area contributed by atoms with Crippen LogP contribution in [0.5, 0.6) is 0 Å². The number of carbonyl (C=O) groups is 1. The Hall–Kier alpha value is -1.11. The molecule has 1 aromatic carbocycles. The van der Waals surface area contributed by atoms with E-state index in [1.165, 1.54) is 18.4 Å². The molecule has 0 bridgehead atoms. The Balaban J connectivity index is 2.28. The van der Waals surface area contributed by atoms with Crippen LogP contribution in [0, 0.1) is 5.92 Å². The number of hydrogen-bond acceptors (Lipinski definition) is 1. The van der Waals surface area contributed by atoms with Crippen molar-refractivity contribution in [3.8, 4) is 0 Å². The van der Waals surface area contributed by atoms with Gasteiger partial charge in [0.1, 0.15) is 0 Å². The predicted octanol–water partition coefficient (Wildman–Crippen LogP) is 3.97. The Labute approximate surface area is 97.9 Å². The van der Waals surface area contributed by atoms with Crippen molar-refractivity contribution in [2.24, 2.45) is 5.92 Å². The highest BCUT2D eigenvalue weighted by Gasteiger charge is 2.27. The van der Waals surface area contributed by atoms with Gasteiger partial charge in [-0.1, -0.05) is 45.0 Å². The summed E-state index contributed by atoms with van der Waals surface area (Å²) in [5.41, 5.74) is 2.16. The summed E-state index contributed by atoms with van der Waals surface area (Å²) in [5, 5.41) is 0. The Bertz CT molecular complexity index is 394. The number of hydrogen-bond donors (Lipinski definition) is 0. The maximum Gasteiger partial charge on any atom is 0.163 e. The Kier molecular flexibility index (Phi) is 2.88. The molecule has 1 nitrogen and oxygen atoms in total. The van der Waals surface area contributed by atoms with Crippen LogP contribution in [-0.4, -0.2) is 5.78 Å². The third kappa shape index (κ3) is 2.52. The van der Waals surface area contributed by atoms with E-state index in [1.54, 1.807) is 0 Å². The van der Waals surface area contributed by atoms with Crippen molar-refractivity contribution in [3.63, 3.8) is 0 Å². The highest BCUT2D eigenvalue weighted by molar-refractivity contribution is 5.98. The second kappa shape index (κ2) is 4.04. The van der Waals surface area contributed by atoms with Gasteiger partial charge >= 0.3 is 0 Å². The average Bonchev–Trinajstić information content (AvgIpc) is 3.00. The maximum atomic E-state index is 12.2. The molecule has 0 heterocycles. The molecule has 0 saturated heterocycles. The first-order valence-electron chi connectivity index (χ1n) is 6.11. The molecule has 86 valence electrons. The Morgan fingerprint density at radius 1 is 1.25 bits per heavy atom. The summed E-state index contributed by atoms with van der Waals surface area (Å²) in [4.78, 5) is 12.2. The SMILES string of the molecule is CC(C)(C)c1ccccc1C(=O)CC1CC1. The molecule has 1 aromatic rings. The van der Waals surface area contributed by atoms with E-state index in [-0.39, 0.29) is 5.41 Å². The molecule has 0 amide bonds. The van der Waals surface area contributed by atoms with Gasteiger partial charge < -0.3 is 0 Å². The first kappa shape index (κ1) is 11.4. The van der Waals surface area contributed by atoms with E-state index in [0.717, 1.165) is 12.0 Å². The summed E-state index contributed by atoms with van der Waals surface area (Å²) in [5.74, 6) is 0.994. The van der Waals surface area contributed by atoms with E-state index in [4.69, 9.17) is 0 Å². The first-order valence-corrected chi connectivity index (χ1v) is 6.11. The molecule has 0 spiro atoms. The van der Waals surface area contributed by atoms with Crippen LogP contribution in [0.15, 0.2) is 24.3 Å². The molecular weight excluding hydrogens is 196 g/mol. The van der Waals surface area contributed by atoms with Gasteiger partial charge in [-0.25, -0.2) is 0 Å². The van der Waals surface area contributed by atoms with Crippen molar-refractivity contribution in [1.29, 1.82) is 0 Å². The number of Topliss-reactive ketones (excluding diaryl/α,β-unsaturated/α-hetero) is 1. The average molecular weight is 216 g/mol. The number of rotatable bonds is 3. The van der Waals surface area contributed by atoms with Gasteiger partial charge in [0.15, 0.2) is 5.78 Å². The summed E-state index contributed by atoms with van der Waals surface area (Å²) in [6.45, 7) is 6.49. The normalized spacial score (nSPS) is 16.2. The van der Waals surface area contributed by atoms with Gasteiger partial charge in [0.05, 0.1) is 0 Å². The van der Waals surface area contributed by atoms with Gasteiger partial charge in [0.25, 0.3) is 0 Å². The zero-order valence-corrected chi connectivity index (χ0v) is 10.4. The fraction of sp³-hybridized carbons (Fsp3) is 0.533. The van der Waals surface area contributed by atoms with Gasteiger partial charge in [-0.2, -0.15) is 0 Å². The van der Waals surface area contributed by atoms with E-state index in [9.17, 15) is 4.79 Å². The van der Waals surface area contributed by atoms with E-state index >= 15 is 0 Å². The maximum absolute atomic E-state index is 12.2. The summed E-state index contributed by atoms with van der Waals surface area (Å²) < 4.78 is 0. The molecule has 1 aliphatic carbocycles. The van der Waals surface area contributed by atoms with E-state index in [1.807, 2.05) is 18.2 Å². The Morgan fingerprint density at radius 2 is 1.88 bits per heavy atom. The molecule has 2 rings (SSSR count). The van der Waals surface area contributed by atoms with E-state index in [0.29, 0.717) is 11.7 Å². The molecule has 1 aliphatic rings. The molecule has 0 radical (unpaired) electrons. The van der Waals surface area contributed by atoms with E-state index in [2.05, 4.69) is 26.8 Å². The summed E-state index contributed by atoms with van der Waals surface area (Å²) >= 11 is 0. The molecule has 1 fully saturated rings. The lowest BCUT2D eigenvalue weighted by atomic mass is 9.82. The number of carbonyl (C=O) groups excluding carboxylic acids is 1. The lowest BCUT2D eigenvalue weighted by Crippen LogP contribution is -2.17. The van der Waals surface area contributed by atoms with Crippen molar-refractivity contribution >= 4 is 5.78 Å². The molecule has 1 heteroatoms. The number of ketones is 1. The lowest BCUT2D eigenvalue weighted by Gasteiger charge is -2.22. The third-order valence-electron chi connectivity index (χ3n) is 3.21. The zero-order chi connectivity index (χ0) is 11.8. The molecule has 0 unspecified atom stereocenters. The van der Waals surface area contributed by atoms with Crippen LogP contribution in [-0.2, 0) is 5.41 Å². The van der Waals surface area contributed by atoms with Gasteiger partial charge in [-0.3, -0.25) is 4.79 Å². The van der Waals surface area contributed by atoms with Crippen molar-refractivity contribution < 1.29 is 4.79 Å².